The molecular formula is C13H12N4O2S. The molecule has 0 atom stereocenters. The molecule has 1 heterocycles. The molecule has 0 unspecified atom stereocenters. The van der Waals surface area contributed by atoms with Crippen LogP contribution in [-0.2, 0) is 6.42 Å². The second-order valence-electron chi connectivity index (χ2n) is 4.16. The molecular weight excluding hydrogens is 276 g/mol. The van der Waals surface area contributed by atoms with Gasteiger partial charge in [0.25, 0.3) is 5.69 Å². The van der Waals surface area contributed by atoms with Crippen molar-refractivity contribution in [3.05, 3.63) is 50.0 Å². The normalized spacial score (nSPS) is 10.0. The summed E-state index contributed by atoms with van der Waals surface area (Å²) >= 11 is 1.57. The molecule has 0 amide bonds. The van der Waals surface area contributed by atoms with E-state index in [9.17, 15) is 10.1 Å². The summed E-state index contributed by atoms with van der Waals surface area (Å²) in [6.07, 6.45) is 0.687. The van der Waals surface area contributed by atoms with Gasteiger partial charge in [-0.3, -0.25) is 10.1 Å². The van der Waals surface area contributed by atoms with E-state index in [1.807, 2.05) is 18.4 Å². The lowest BCUT2D eigenvalue weighted by Crippen LogP contribution is -2.07. The van der Waals surface area contributed by atoms with Crippen LogP contribution >= 0.6 is 11.3 Å². The van der Waals surface area contributed by atoms with Crippen molar-refractivity contribution >= 4 is 22.7 Å². The van der Waals surface area contributed by atoms with Crippen molar-refractivity contribution in [1.29, 1.82) is 5.26 Å². The summed E-state index contributed by atoms with van der Waals surface area (Å²) in [6.45, 7) is 2.46. The van der Waals surface area contributed by atoms with Gasteiger partial charge in [-0.05, 0) is 19.1 Å². The van der Waals surface area contributed by atoms with Crippen LogP contribution < -0.4 is 5.32 Å². The molecule has 2 rings (SSSR count). The number of hydrogen-bond donors (Lipinski definition) is 1. The van der Waals surface area contributed by atoms with Gasteiger partial charge in [0.1, 0.15) is 5.69 Å². The first-order valence-electron chi connectivity index (χ1n) is 5.93. The molecule has 1 N–H and O–H groups in total. The standard InChI is InChI=1S/C13H12N4O2S/c1-9-8-20-13(16-9)4-5-15-11-6-10(7-14)2-3-12(11)17(18)19/h2-3,6,8,15H,4-5H2,1H3. The Labute approximate surface area is 119 Å². The lowest BCUT2D eigenvalue weighted by molar-refractivity contribution is -0.384. The molecule has 0 fully saturated rings. The van der Waals surface area contributed by atoms with E-state index in [2.05, 4.69) is 10.3 Å². The van der Waals surface area contributed by atoms with E-state index in [1.165, 1.54) is 18.2 Å². The second kappa shape index (κ2) is 6.12. The number of thiazole rings is 1. The predicted octanol–water partition coefficient (Wildman–Crippen LogP) is 2.89. The van der Waals surface area contributed by atoms with Gasteiger partial charge in [0.2, 0.25) is 0 Å². The average molecular weight is 288 g/mol. The Morgan fingerprint density at radius 1 is 1.55 bits per heavy atom. The van der Waals surface area contributed by atoms with Gasteiger partial charge in [0, 0.05) is 30.1 Å². The maximum absolute atomic E-state index is 10.9. The number of nitrogens with zero attached hydrogens (tertiary/aromatic N) is 3. The molecule has 0 spiro atoms. The van der Waals surface area contributed by atoms with Gasteiger partial charge in [0.05, 0.1) is 21.6 Å². The summed E-state index contributed by atoms with van der Waals surface area (Å²) in [5.74, 6) is 0. The second-order valence-corrected chi connectivity index (χ2v) is 5.10. The van der Waals surface area contributed by atoms with Gasteiger partial charge in [0.15, 0.2) is 0 Å². The molecule has 0 aliphatic heterocycles. The molecule has 0 saturated heterocycles. The molecule has 1 aromatic carbocycles. The minimum Gasteiger partial charge on any atom is -0.379 e. The lowest BCUT2D eigenvalue weighted by Gasteiger charge is -2.06. The summed E-state index contributed by atoms with van der Waals surface area (Å²) in [5.41, 5.74) is 1.70. The molecule has 7 heteroatoms. The number of benzene rings is 1. The number of rotatable bonds is 5. The van der Waals surface area contributed by atoms with Gasteiger partial charge < -0.3 is 5.32 Å². The highest BCUT2D eigenvalue weighted by molar-refractivity contribution is 7.09. The highest BCUT2D eigenvalue weighted by Gasteiger charge is 2.13. The fourth-order valence-electron chi connectivity index (χ4n) is 1.73. The number of nitrogens with one attached hydrogen (secondary N) is 1. The maximum Gasteiger partial charge on any atom is 0.292 e. The van der Waals surface area contributed by atoms with Crippen LogP contribution in [0, 0.1) is 28.4 Å². The number of anilines is 1. The summed E-state index contributed by atoms with van der Waals surface area (Å²) in [7, 11) is 0. The Morgan fingerprint density at radius 3 is 2.95 bits per heavy atom. The Bertz CT molecular complexity index is 675. The quantitative estimate of drug-likeness (QED) is 0.674. The Hall–Kier alpha value is -2.46. The maximum atomic E-state index is 10.9. The van der Waals surface area contributed by atoms with Gasteiger partial charge in [-0.2, -0.15) is 5.26 Å². The van der Waals surface area contributed by atoms with E-state index >= 15 is 0 Å². The van der Waals surface area contributed by atoms with Crippen LogP contribution in [-0.4, -0.2) is 16.5 Å². The molecule has 102 valence electrons. The van der Waals surface area contributed by atoms with Crippen molar-refractivity contribution < 1.29 is 4.92 Å². The molecule has 0 aliphatic rings. The third-order valence-corrected chi connectivity index (χ3v) is 3.67. The van der Waals surface area contributed by atoms with Crippen LogP contribution in [0.15, 0.2) is 23.6 Å². The van der Waals surface area contributed by atoms with E-state index in [4.69, 9.17) is 5.26 Å². The Kier molecular flexibility index (Phi) is 4.27. The van der Waals surface area contributed by atoms with Crippen molar-refractivity contribution in [2.24, 2.45) is 0 Å². The molecule has 0 radical (unpaired) electrons. The van der Waals surface area contributed by atoms with E-state index in [0.717, 1.165) is 10.7 Å². The summed E-state index contributed by atoms with van der Waals surface area (Å²) < 4.78 is 0. The largest absolute Gasteiger partial charge is 0.379 e. The topological polar surface area (TPSA) is 91.8 Å². The third kappa shape index (κ3) is 3.30. The molecule has 6 nitrogen and oxygen atoms in total. The van der Waals surface area contributed by atoms with Gasteiger partial charge in [-0.1, -0.05) is 0 Å². The SMILES string of the molecule is Cc1csc(CCNc2cc(C#N)ccc2[N+](=O)[O-])n1. The first kappa shape index (κ1) is 14.0. The van der Waals surface area contributed by atoms with Crippen molar-refractivity contribution in [1.82, 2.24) is 4.98 Å². The number of hydrogen-bond acceptors (Lipinski definition) is 6. The average Bonchev–Trinajstić information content (AvgIpc) is 2.84. The van der Waals surface area contributed by atoms with Crippen molar-refractivity contribution in [2.75, 3.05) is 11.9 Å². The van der Waals surface area contributed by atoms with Crippen LogP contribution in [0.1, 0.15) is 16.3 Å². The number of nitriles is 1. The first-order valence-corrected chi connectivity index (χ1v) is 6.81. The van der Waals surface area contributed by atoms with Crippen molar-refractivity contribution in [3.63, 3.8) is 0 Å². The van der Waals surface area contributed by atoms with E-state index < -0.39 is 4.92 Å². The number of aryl methyl sites for hydroxylation is 1. The molecule has 0 saturated carbocycles. The molecule has 0 bridgehead atoms. The van der Waals surface area contributed by atoms with Crippen molar-refractivity contribution in [2.45, 2.75) is 13.3 Å². The van der Waals surface area contributed by atoms with Crippen LogP contribution in [0.4, 0.5) is 11.4 Å². The number of aromatic nitrogens is 1. The first-order chi connectivity index (χ1) is 9.60. The monoisotopic (exact) mass is 288 g/mol. The van der Waals surface area contributed by atoms with E-state index in [-0.39, 0.29) is 5.69 Å². The van der Waals surface area contributed by atoms with Crippen LogP contribution in [0.2, 0.25) is 0 Å². The Balaban J connectivity index is 2.07. The molecule has 1 aromatic heterocycles. The lowest BCUT2D eigenvalue weighted by atomic mass is 10.2. The fraction of sp³-hybridized carbons (Fsp3) is 0.231. The van der Waals surface area contributed by atoms with Crippen LogP contribution in [0.5, 0.6) is 0 Å². The smallest absolute Gasteiger partial charge is 0.292 e. The third-order valence-electron chi connectivity index (χ3n) is 2.64. The minimum absolute atomic E-state index is 0.0284. The molecule has 0 aliphatic carbocycles. The van der Waals surface area contributed by atoms with Crippen LogP contribution in [0.3, 0.4) is 0 Å². The fourth-order valence-corrected chi connectivity index (χ4v) is 2.50. The van der Waals surface area contributed by atoms with Crippen molar-refractivity contribution in [3.8, 4) is 6.07 Å². The zero-order valence-corrected chi connectivity index (χ0v) is 11.6. The van der Waals surface area contributed by atoms with E-state index in [0.29, 0.717) is 24.2 Å². The molecule has 20 heavy (non-hydrogen) atoms. The molecule has 2 aromatic rings. The highest BCUT2D eigenvalue weighted by atomic mass is 32.1. The van der Waals surface area contributed by atoms with Gasteiger partial charge in [-0.15, -0.1) is 11.3 Å². The summed E-state index contributed by atoms with van der Waals surface area (Å²) in [6, 6.07) is 6.24. The zero-order chi connectivity index (χ0) is 14.5. The number of nitro benzene ring substituents is 1. The zero-order valence-electron chi connectivity index (χ0n) is 10.8. The Morgan fingerprint density at radius 2 is 2.35 bits per heavy atom. The van der Waals surface area contributed by atoms with Gasteiger partial charge in [-0.25, -0.2) is 4.98 Å². The summed E-state index contributed by atoms with van der Waals surface area (Å²) in [4.78, 5) is 14.8. The van der Waals surface area contributed by atoms with Crippen LogP contribution in [0.25, 0.3) is 0 Å². The highest BCUT2D eigenvalue weighted by Crippen LogP contribution is 2.25. The minimum atomic E-state index is -0.461. The van der Waals surface area contributed by atoms with E-state index in [1.54, 1.807) is 11.3 Å². The predicted molar refractivity (Wildman–Crippen MR) is 76.9 cm³/mol. The number of nitro groups is 1. The summed E-state index contributed by atoms with van der Waals surface area (Å²) in [5, 5.41) is 25.7. The van der Waals surface area contributed by atoms with Gasteiger partial charge >= 0.3 is 0 Å².